The standard InChI is InChI=1S/C16H26BrNO/c1-12-6-7-13(17)10-14(12)15(2,3)11-18-16(4,5)8-9-19/h6-7,10,18-19H,8-9,11H2,1-5H3. The molecule has 1 aromatic rings. The maximum Gasteiger partial charge on any atom is 0.0448 e. The van der Waals surface area contributed by atoms with Crippen molar-refractivity contribution in [3.05, 3.63) is 33.8 Å². The molecule has 0 atom stereocenters. The van der Waals surface area contributed by atoms with Crippen molar-refractivity contribution in [2.24, 2.45) is 0 Å². The fraction of sp³-hybridized carbons (Fsp3) is 0.625. The van der Waals surface area contributed by atoms with Crippen molar-refractivity contribution in [2.45, 2.75) is 52.0 Å². The third kappa shape index (κ3) is 4.90. The second kappa shape index (κ2) is 6.38. The van der Waals surface area contributed by atoms with Crippen LogP contribution < -0.4 is 5.32 Å². The largest absolute Gasteiger partial charge is 0.396 e. The molecule has 0 aromatic heterocycles. The molecule has 0 bridgehead atoms. The molecule has 0 radical (unpaired) electrons. The van der Waals surface area contributed by atoms with Gasteiger partial charge in [0.05, 0.1) is 0 Å². The molecule has 0 saturated carbocycles. The van der Waals surface area contributed by atoms with Gasteiger partial charge in [0.15, 0.2) is 0 Å². The predicted molar refractivity (Wildman–Crippen MR) is 85.7 cm³/mol. The van der Waals surface area contributed by atoms with E-state index in [-0.39, 0.29) is 17.6 Å². The molecule has 0 amide bonds. The van der Waals surface area contributed by atoms with Crippen LogP contribution in [0.2, 0.25) is 0 Å². The van der Waals surface area contributed by atoms with Gasteiger partial charge in [0, 0.05) is 28.6 Å². The van der Waals surface area contributed by atoms with Gasteiger partial charge < -0.3 is 10.4 Å². The molecule has 0 aliphatic rings. The van der Waals surface area contributed by atoms with Crippen molar-refractivity contribution < 1.29 is 5.11 Å². The van der Waals surface area contributed by atoms with E-state index in [1.54, 1.807) is 0 Å². The maximum absolute atomic E-state index is 9.08. The van der Waals surface area contributed by atoms with Gasteiger partial charge in [-0.3, -0.25) is 0 Å². The van der Waals surface area contributed by atoms with E-state index < -0.39 is 0 Å². The van der Waals surface area contributed by atoms with E-state index in [2.05, 4.69) is 74.1 Å². The van der Waals surface area contributed by atoms with E-state index in [9.17, 15) is 0 Å². The molecule has 0 unspecified atom stereocenters. The summed E-state index contributed by atoms with van der Waals surface area (Å²) in [6.07, 6.45) is 0.764. The smallest absolute Gasteiger partial charge is 0.0448 e. The Kier molecular flexibility index (Phi) is 5.60. The number of aliphatic hydroxyl groups excluding tert-OH is 1. The number of nitrogens with one attached hydrogen (secondary N) is 1. The molecule has 1 aromatic carbocycles. The number of rotatable bonds is 6. The average Bonchev–Trinajstić information content (AvgIpc) is 2.30. The molecule has 0 aliphatic carbocycles. The lowest BCUT2D eigenvalue weighted by atomic mass is 9.81. The van der Waals surface area contributed by atoms with Gasteiger partial charge in [0.2, 0.25) is 0 Å². The number of aliphatic hydroxyl groups is 1. The van der Waals surface area contributed by atoms with Crippen LogP contribution in [-0.2, 0) is 5.41 Å². The first kappa shape index (κ1) is 16.7. The number of aryl methyl sites for hydroxylation is 1. The zero-order valence-corrected chi connectivity index (χ0v) is 14.3. The third-order valence-corrected chi connectivity index (χ3v) is 4.17. The Labute approximate surface area is 125 Å². The van der Waals surface area contributed by atoms with Gasteiger partial charge in [-0.05, 0) is 50.5 Å². The average molecular weight is 328 g/mol. The van der Waals surface area contributed by atoms with Crippen LogP contribution in [0.5, 0.6) is 0 Å². The van der Waals surface area contributed by atoms with E-state index in [4.69, 9.17) is 5.11 Å². The summed E-state index contributed by atoms with van der Waals surface area (Å²) in [6, 6.07) is 6.44. The topological polar surface area (TPSA) is 32.3 Å². The predicted octanol–water partition coefficient (Wildman–Crippen LogP) is 3.79. The van der Waals surface area contributed by atoms with Crippen LogP contribution in [0.4, 0.5) is 0 Å². The molecule has 0 saturated heterocycles. The summed E-state index contributed by atoms with van der Waals surface area (Å²) in [5.41, 5.74) is 2.69. The van der Waals surface area contributed by atoms with Crippen LogP contribution >= 0.6 is 15.9 Å². The van der Waals surface area contributed by atoms with E-state index in [0.29, 0.717) is 0 Å². The summed E-state index contributed by atoms with van der Waals surface area (Å²) in [6.45, 7) is 12.0. The second-order valence-corrected chi connectivity index (χ2v) is 7.47. The number of halogens is 1. The summed E-state index contributed by atoms with van der Waals surface area (Å²) >= 11 is 3.55. The van der Waals surface area contributed by atoms with E-state index >= 15 is 0 Å². The van der Waals surface area contributed by atoms with Gasteiger partial charge in [-0.1, -0.05) is 35.8 Å². The quantitative estimate of drug-likeness (QED) is 0.833. The zero-order valence-electron chi connectivity index (χ0n) is 12.7. The molecule has 2 N–H and O–H groups in total. The molecule has 2 nitrogen and oxygen atoms in total. The molecule has 0 heterocycles. The molecule has 0 aliphatic heterocycles. The lowest BCUT2D eigenvalue weighted by molar-refractivity contribution is 0.223. The zero-order chi connectivity index (χ0) is 14.7. The van der Waals surface area contributed by atoms with Crippen LogP contribution in [0.3, 0.4) is 0 Å². The minimum absolute atomic E-state index is 0.0358. The SMILES string of the molecule is Cc1ccc(Br)cc1C(C)(C)CNC(C)(C)CCO. The Hall–Kier alpha value is -0.380. The summed E-state index contributed by atoms with van der Waals surface area (Å²) in [4.78, 5) is 0. The van der Waals surface area contributed by atoms with Gasteiger partial charge in [0.25, 0.3) is 0 Å². The van der Waals surface area contributed by atoms with Crippen LogP contribution in [0.1, 0.15) is 45.2 Å². The minimum Gasteiger partial charge on any atom is -0.396 e. The van der Waals surface area contributed by atoms with Gasteiger partial charge in [-0.15, -0.1) is 0 Å². The molecule has 3 heteroatoms. The first-order valence-electron chi connectivity index (χ1n) is 6.80. The van der Waals surface area contributed by atoms with E-state index in [1.165, 1.54) is 11.1 Å². The molecule has 19 heavy (non-hydrogen) atoms. The van der Waals surface area contributed by atoms with Crippen LogP contribution in [0.15, 0.2) is 22.7 Å². The first-order chi connectivity index (χ1) is 8.68. The van der Waals surface area contributed by atoms with Gasteiger partial charge in [-0.25, -0.2) is 0 Å². The Morgan fingerprint density at radius 2 is 1.84 bits per heavy atom. The molecule has 0 fully saturated rings. The van der Waals surface area contributed by atoms with Crippen LogP contribution in [0, 0.1) is 6.92 Å². The van der Waals surface area contributed by atoms with Crippen molar-refractivity contribution in [3.63, 3.8) is 0 Å². The lowest BCUT2D eigenvalue weighted by Crippen LogP contribution is -2.46. The fourth-order valence-electron chi connectivity index (χ4n) is 2.25. The maximum atomic E-state index is 9.08. The molecule has 1 rings (SSSR count). The Morgan fingerprint density at radius 1 is 1.21 bits per heavy atom. The Bertz CT molecular complexity index is 427. The lowest BCUT2D eigenvalue weighted by Gasteiger charge is -2.34. The second-order valence-electron chi connectivity index (χ2n) is 6.55. The molecular weight excluding hydrogens is 302 g/mol. The normalized spacial score (nSPS) is 12.8. The molecule has 108 valence electrons. The number of benzene rings is 1. The van der Waals surface area contributed by atoms with Crippen LogP contribution in [-0.4, -0.2) is 23.8 Å². The van der Waals surface area contributed by atoms with Crippen molar-refractivity contribution in [1.82, 2.24) is 5.32 Å². The summed E-state index contributed by atoms with van der Waals surface area (Å²) in [5, 5.41) is 12.7. The molecular formula is C16H26BrNO. The monoisotopic (exact) mass is 327 g/mol. The summed E-state index contributed by atoms with van der Waals surface area (Å²) < 4.78 is 1.12. The van der Waals surface area contributed by atoms with Gasteiger partial charge in [0.1, 0.15) is 0 Å². The van der Waals surface area contributed by atoms with Gasteiger partial charge >= 0.3 is 0 Å². The van der Waals surface area contributed by atoms with Gasteiger partial charge in [-0.2, -0.15) is 0 Å². The molecule has 0 spiro atoms. The third-order valence-electron chi connectivity index (χ3n) is 3.67. The highest BCUT2D eigenvalue weighted by Gasteiger charge is 2.26. The Balaban J connectivity index is 2.83. The van der Waals surface area contributed by atoms with Crippen molar-refractivity contribution >= 4 is 15.9 Å². The first-order valence-corrected chi connectivity index (χ1v) is 7.60. The number of hydrogen-bond acceptors (Lipinski definition) is 2. The van der Waals surface area contributed by atoms with Crippen molar-refractivity contribution in [2.75, 3.05) is 13.2 Å². The highest BCUT2D eigenvalue weighted by Crippen LogP contribution is 2.29. The van der Waals surface area contributed by atoms with Crippen LogP contribution in [0.25, 0.3) is 0 Å². The highest BCUT2D eigenvalue weighted by atomic mass is 79.9. The Morgan fingerprint density at radius 3 is 2.42 bits per heavy atom. The van der Waals surface area contributed by atoms with E-state index in [1.807, 2.05) is 0 Å². The van der Waals surface area contributed by atoms with Crippen molar-refractivity contribution in [1.29, 1.82) is 0 Å². The number of hydrogen-bond donors (Lipinski definition) is 2. The van der Waals surface area contributed by atoms with Crippen molar-refractivity contribution in [3.8, 4) is 0 Å². The summed E-state index contributed by atoms with van der Waals surface area (Å²) in [7, 11) is 0. The fourth-order valence-corrected chi connectivity index (χ4v) is 2.61. The summed E-state index contributed by atoms with van der Waals surface area (Å²) in [5.74, 6) is 0. The minimum atomic E-state index is -0.0358. The highest BCUT2D eigenvalue weighted by molar-refractivity contribution is 9.10. The van der Waals surface area contributed by atoms with E-state index in [0.717, 1.165) is 17.4 Å².